The maximum absolute atomic E-state index is 3.78. The fourth-order valence-electron chi connectivity index (χ4n) is 3.39. The van der Waals surface area contributed by atoms with E-state index >= 15 is 0 Å². The van der Waals surface area contributed by atoms with E-state index in [1.165, 1.54) is 58.2 Å². The van der Waals surface area contributed by atoms with Crippen molar-refractivity contribution in [2.45, 2.75) is 51.5 Å². The molecule has 1 aliphatic heterocycles. The molecule has 0 aromatic heterocycles. The second-order valence-electron chi connectivity index (χ2n) is 5.96. The molecule has 0 amide bonds. The fraction of sp³-hybridized carbons (Fsp3) is 1.00. The SMILES string of the molecule is CCC1CCCC(CNC2CCN(C)C2)C1. The molecule has 2 heteroatoms. The maximum atomic E-state index is 3.78. The molecule has 0 radical (unpaired) electrons. The van der Waals surface area contributed by atoms with E-state index < -0.39 is 0 Å². The molecule has 3 unspecified atom stereocenters. The van der Waals surface area contributed by atoms with E-state index in [9.17, 15) is 0 Å². The summed E-state index contributed by atoms with van der Waals surface area (Å²) in [5.41, 5.74) is 0. The van der Waals surface area contributed by atoms with E-state index in [2.05, 4.69) is 24.2 Å². The minimum atomic E-state index is 0.770. The fourth-order valence-corrected chi connectivity index (χ4v) is 3.39. The largest absolute Gasteiger partial charge is 0.312 e. The molecule has 0 spiro atoms. The highest BCUT2D eigenvalue weighted by Gasteiger charge is 2.23. The zero-order valence-corrected chi connectivity index (χ0v) is 11.0. The summed E-state index contributed by atoms with van der Waals surface area (Å²) in [6.45, 7) is 6.16. The van der Waals surface area contributed by atoms with Crippen LogP contribution in [-0.4, -0.2) is 37.6 Å². The molecule has 2 fully saturated rings. The number of likely N-dealkylation sites (N-methyl/N-ethyl adjacent to an activating group) is 1. The van der Waals surface area contributed by atoms with Crippen LogP contribution in [0.25, 0.3) is 0 Å². The molecular weight excluding hydrogens is 196 g/mol. The molecule has 1 aliphatic carbocycles. The molecule has 94 valence electrons. The minimum absolute atomic E-state index is 0.770. The Bertz CT molecular complexity index is 205. The van der Waals surface area contributed by atoms with Crippen LogP contribution in [0.15, 0.2) is 0 Å². The third kappa shape index (κ3) is 3.46. The van der Waals surface area contributed by atoms with Gasteiger partial charge in [0.15, 0.2) is 0 Å². The van der Waals surface area contributed by atoms with Crippen molar-refractivity contribution >= 4 is 0 Å². The molecule has 0 aromatic carbocycles. The van der Waals surface area contributed by atoms with Crippen LogP contribution >= 0.6 is 0 Å². The summed E-state index contributed by atoms with van der Waals surface area (Å²) in [5.74, 6) is 1.98. The Morgan fingerprint density at radius 3 is 2.69 bits per heavy atom. The summed E-state index contributed by atoms with van der Waals surface area (Å²) < 4.78 is 0. The van der Waals surface area contributed by atoms with Gasteiger partial charge >= 0.3 is 0 Å². The average molecular weight is 224 g/mol. The summed E-state index contributed by atoms with van der Waals surface area (Å²) in [6.07, 6.45) is 8.63. The van der Waals surface area contributed by atoms with Crippen LogP contribution in [0.5, 0.6) is 0 Å². The lowest BCUT2D eigenvalue weighted by Gasteiger charge is -2.29. The van der Waals surface area contributed by atoms with E-state index in [4.69, 9.17) is 0 Å². The van der Waals surface area contributed by atoms with Gasteiger partial charge in [-0.25, -0.2) is 0 Å². The Morgan fingerprint density at radius 1 is 1.19 bits per heavy atom. The molecule has 1 N–H and O–H groups in total. The lowest BCUT2D eigenvalue weighted by Crippen LogP contribution is -2.36. The summed E-state index contributed by atoms with van der Waals surface area (Å²) >= 11 is 0. The highest BCUT2D eigenvalue weighted by Crippen LogP contribution is 2.30. The van der Waals surface area contributed by atoms with Gasteiger partial charge in [-0.2, -0.15) is 0 Å². The molecular formula is C14H28N2. The Hall–Kier alpha value is -0.0800. The Morgan fingerprint density at radius 2 is 2.00 bits per heavy atom. The number of rotatable bonds is 4. The molecule has 2 rings (SSSR count). The van der Waals surface area contributed by atoms with E-state index in [0.29, 0.717) is 0 Å². The molecule has 1 saturated carbocycles. The topological polar surface area (TPSA) is 15.3 Å². The zero-order chi connectivity index (χ0) is 11.4. The van der Waals surface area contributed by atoms with Crippen molar-refractivity contribution in [3.05, 3.63) is 0 Å². The van der Waals surface area contributed by atoms with Crippen molar-refractivity contribution in [2.24, 2.45) is 11.8 Å². The van der Waals surface area contributed by atoms with Gasteiger partial charge in [0.05, 0.1) is 0 Å². The first-order chi connectivity index (χ1) is 7.78. The first-order valence-electron chi connectivity index (χ1n) is 7.19. The highest BCUT2D eigenvalue weighted by atomic mass is 15.2. The van der Waals surface area contributed by atoms with Crippen molar-refractivity contribution in [1.82, 2.24) is 10.2 Å². The lowest BCUT2D eigenvalue weighted by molar-refractivity contribution is 0.247. The van der Waals surface area contributed by atoms with Gasteiger partial charge in [-0.3, -0.25) is 0 Å². The van der Waals surface area contributed by atoms with Crippen LogP contribution in [0.3, 0.4) is 0 Å². The standard InChI is InChI=1S/C14H28N2/c1-3-12-5-4-6-13(9-12)10-15-14-7-8-16(2)11-14/h12-15H,3-11H2,1-2H3. The minimum Gasteiger partial charge on any atom is -0.312 e. The predicted octanol–water partition coefficient (Wildman–Crippen LogP) is 2.50. The molecule has 0 bridgehead atoms. The molecule has 0 aromatic rings. The van der Waals surface area contributed by atoms with E-state index in [-0.39, 0.29) is 0 Å². The quantitative estimate of drug-likeness (QED) is 0.789. The number of likely N-dealkylation sites (tertiary alicyclic amines) is 1. The van der Waals surface area contributed by atoms with Gasteiger partial charge in [0.2, 0.25) is 0 Å². The van der Waals surface area contributed by atoms with Crippen molar-refractivity contribution in [3.63, 3.8) is 0 Å². The van der Waals surface area contributed by atoms with Gasteiger partial charge in [-0.15, -0.1) is 0 Å². The molecule has 2 aliphatic rings. The molecule has 1 saturated heterocycles. The summed E-state index contributed by atoms with van der Waals surface area (Å²) in [5, 5.41) is 3.78. The average Bonchev–Trinajstić information content (AvgIpc) is 2.73. The number of hydrogen-bond acceptors (Lipinski definition) is 2. The summed E-state index contributed by atoms with van der Waals surface area (Å²) in [7, 11) is 2.23. The summed E-state index contributed by atoms with van der Waals surface area (Å²) in [6, 6.07) is 0.770. The van der Waals surface area contributed by atoms with Crippen LogP contribution in [-0.2, 0) is 0 Å². The summed E-state index contributed by atoms with van der Waals surface area (Å²) in [4.78, 5) is 2.44. The van der Waals surface area contributed by atoms with Crippen LogP contribution in [0.4, 0.5) is 0 Å². The van der Waals surface area contributed by atoms with E-state index in [1.54, 1.807) is 0 Å². The second kappa shape index (κ2) is 6.02. The molecule has 3 atom stereocenters. The Kier molecular flexibility index (Phi) is 4.66. The lowest BCUT2D eigenvalue weighted by atomic mass is 9.80. The Labute approximate surface area is 101 Å². The molecule has 2 nitrogen and oxygen atoms in total. The smallest absolute Gasteiger partial charge is 0.0207 e. The third-order valence-electron chi connectivity index (χ3n) is 4.56. The van der Waals surface area contributed by atoms with Crippen molar-refractivity contribution in [3.8, 4) is 0 Å². The number of nitrogens with zero attached hydrogens (tertiary/aromatic N) is 1. The zero-order valence-electron chi connectivity index (χ0n) is 11.0. The maximum Gasteiger partial charge on any atom is 0.0207 e. The van der Waals surface area contributed by atoms with Crippen molar-refractivity contribution in [2.75, 3.05) is 26.7 Å². The number of hydrogen-bond donors (Lipinski definition) is 1. The van der Waals surface area contributed by atoms with Gasteiger partial charge in [-0.1, -0.05) is 26.2 Å². The normalized spacial score (nSPS) is 36.8. The monoisotopic (exact) mass is 224 g/mol. The van der Waals surface area contributed by atoms with Crippen molar-refractivity contribution in [1.29, 1.82) is 0 Å². The molecule has 1 heterocycles. The third-order valence-corrected chi connectivity index (χ3v) is 4.56. The van der Waals surface area contributed by atoms with E-state index in [0.717, 1.165) is 17.9 Å². The predicted molar refractivity (Wildman–Crippen MR) is 69.6 cm³/mol. The number of nitrogens with one attached hydrogen (secondary N) is 1. The van der Waals surface area contributed by atoms with Gasteiger partial charge < -0.3 is 10.2 Å². The van der Waals surface area contributed by atoms with Gasteiger partial charge in [0.25, 0.3) is 0 Å². The van der Waals surface area contributed by atoms with Crippen molar-refractivity contribution < 1.29 is 0 Å². The van der Waals surface area contributed by atoms with Gasteiger partial charge in [0.1, 0.15) is 0 Å². The van der Waals surface area contributed by atoms with Crippen LogP contribution in [0, 0.1) is 11.8 Å². The van der Waals surface area contributed by atoms with Gasteiger partial charge in [-0.05, 0) is 51.2 Å². The van der Waals surface area contributed by atoms with Crippen LogP contribution in [0.1, 0.15) is 45.4 Å². The van der Waals surface area contributed by atoms with Crippen LogP contribution < -0.4 is 5.32 Å². The highest BCUT2D eigenvalue weighted by molar-refractivity contribution is 4.81. The first-order valence-corrected chi connectivity index (χ1v) is 7.19. The second-order valence-corrected chi connectivity index (χ2v) is 5.96. The first kappa shape index (κ1) is 12.4. The van der Waals surface area contributed by atoms with Crippen LogP contribution in [0.2, 0.25) is 0 Å². The molecule has 16 heavy (non-hydrogen) atoms. The van der Waals surface area contributed by atoms with Gasteiger partial charge in [0, 0.05) is 12.6 Å². The van der Waals surface area contributed by atoms with E-state index in [1.807, 2.05) is 0 Å². The Balaban J connectivity index is 1.65.